The first kappa shape index (κ1) is 17.8. The molecule has 0 radical (unpaired) electrons. The quantitative estimate of drug-likeness (QED) is 0.774. The van der Waals surface area contributed by atoms with Crippen LogP contribution in [0.4, 0.5) is 4.79 Å². The molecule has 0 aliphatic rings. The van der Waals surface area contributed by atoms with E-state index >= 15 is 0 Å². The number of hydrogen-bond acceptors (Lipinski definition) is 2. The van der Waals surface area contributed by atoms with Crippen LogP contribution < -0.4 is 5.32 Å². The van der Waals surface area contributed by atoms with E-state index in [0.29, 0.717) is 30.6 Å². The molecule has 21 heavy (non-hydrogen) atoms. The number of carbonyl (C=O) groups is 1. The van der Waals surface area contributed by atoms with Gasteiger partial charge < -0.3 is 15.3 Å². The van der Waals surface area contributed by atoms with Crippen LogP contribution in [-0.4, -0.2) is 35.7 Å². The minimum absolute atomic E-state index is 0.0662. The summed E-state index contributed by atoms with van der Waals surface area (Å²) in [7, 11) is 0. The number of rotatable bonds is 8. The molecule has 0 heterocycles. The van der Waals surface area contributed by atoms with Crippen molar-refractivity contribution in [3.63, 3.8) is 0 Å². The molecule has 0 saturated carbocycles. The summed E-state index contributed by atoms with van der Waals surface area (Å²) >= 11 is 6.12. The first-order valence-corrected chi connectivity index (χ1v) is 7.83. The predicted octanol–water partition coefficient (Wildman–Crippen LogP) is 3.28. The number of aliphatic hydroxyl groups is 1. The van der Waals surface area contributed by atoms with Crippen molar-refractivity contribution in [2.24, 2.45) is 5.92 Å². The van der Waals surface area contributed by atoms with Crippen LogP contribution in [0.1, 0.15) is 32.3 Å². The number of halogens is 1. The molecule has 5 heteroatoms. The van der Waals surface area contributed by atoms with E-state index in [0.717, 1.165) is 18.4 Å². The lowest BCUT2D eigenvalue weighted by atomic mass is 10.1. The Bertz CT molecular complexity index is 440. The molecule has 0 aliphatic heterocycles. The summed E-state index contributed by atoms with van der Waals surface area (Å²) in [6.45, 7) is 5.58. The van der Waals surface area contributed by atoms with Gasteiger partial charge in [0.2, 0.25) is 0 Å². The SMILES string of the molecule is CC[C@@H](C)CCNC(=O)N(CCO)Cc1ccccc1Cl. The third-order valence-electron chi connectivity index (χ3n) is 3.59. The van der Waals surface area contributed by atoms with E-state index in [9.17, 15) is 4.79 Å². The smallest absolute Gasteiger partial charge is 0.317 e. The minimum Gasteiger partial charge on any atom is -0.395 e. The summed E-state index contributed by atoms with van der Waals surface area (Å²) in [5.74, 6) is 0.597. The van der Waals surface area contributed by atoms with E-state index in [-0.39, 0.29) is 12.6 Å². The lowest BCUT2D eigenvalue weighted by Crippen LogP contribution is -2.41. The summed E-state index contributed by atoms with van der Waals surface area (Å²) in [5, 5.41) is 12.7. The molecule has 118 valence electrons. The van der Waals surface area contributed by atoms with Crippen LogP contribution in [0.2, 0.25) is 5.02 Å². The molecule has 1 rings (SSSR count). The fourth-order valence-corrected chi connectivity index (χ4v) is 2.14. The highest BCUT2D eigenvalue weighted by Gasteiger charge is 2.14. The second-order valence-electron chi connectivity index (χ2n) is 5.27. The Balaban J connectivity index is 2.56. The largest absolute Gasteiger partial charge is 0.395 e. The molecule has 0 fully saturated rings. The van der Waals surface area contributed by atoms with Crippen molar-refractivity contribution in [2.45, 2.75) is 33.2 Å². The third kappa shape index (κ3) is 6.36. The zero-order valence-electron chi connectivity index (χ0n) is 12.8. The maximum atomic E-state index is 12.2. The van der Waals surface area contributed by atoms with Crippen LogP contribution in [0.25, 0.3) is 0 Å². The van der Waals surface area contributed by atoms with Gasteiger partial charge in [0.05, 0.1) is 6.61 Å². The second kappa shape index (κ2) is 9.64. The minimum atomic E-state index is -0.160. The second-order valence-corrected chi connectivity index (χ2v) is 5.68. The van der Waals surface area contributed by atoms with E-state index in [1.165, 1.54) is 0 Å². The van der Waals surface area contributed by atoms with E-state index < -0.39 is 0 Å². The van der Waals surface area contributed by atoms with Crippen molar-refractivity contribution in [2.75, 3.05) is 19.7 Å². The highest BCUT2D eigenvalue weighted by molar-refractivity contribution is 6.31. The van der Waals surface area contributed by atoms with Gasteiger partial charge in [-0.15, -0.1) is 0 Å². The van der Waals surface area contributed by atoms with Crippen molar-refractivity contribution in [3.8, 4) is 0 Å². The van der Waals surface area contributed by atoms with Gasteiger partial charge in [-0.25, -0.2) is 4.79 Å². The summed E-state index contributed by atoms with van der Waals surface area (Å²) in [5.41, 5.74) is 0.879. The standard InChI is InChI=1S/C16H25ClN2O2/c1-3-13(2)8-9-18-16(21)19(10-11-20)12-14-6-4-5-7-15(14)17/h4-7,13,20H,3,8-12H2,1-2H3,(H,18,21)/t13-/m1/s1. The van der Waals surface area contributed by atoms with Crippen LogP contribution in [0, 0.1) is 5.92 Å². The number of benzene rings is 1. The van der Waals surface area contributed by atoms with Crippen LogP contribution in [-0.2, 0) is 6.54 Å². The Hall–Kier alpha value is -1.26. The molecular weight excluding hydrogens is 288 g/mol. The lowest BCUT2D eigenvalue weighted by Gasteiger charge is -2.23. The van der Waals surface area contributed by atoms with Crippen molar-refractivity contribution < 1.29 is 9.90 Å². The van der Waals surface area contributed by atoms with E-state index in [1.54, 1.807) is 11.0 Å². The molecule has 0 aliphatic carbocycles. The average Bonchev–Trinajstić information content (AvgIpc) is 2.48. The van der Waals surface area contributed by atoms with Gasteiger partial charge in [0.1, 0.15) is 0 Å². The first-order chi connectivity index (χ1) is 10.1. The topological polar surface area (TPSA) is 52.6 Å². The number of urea groups is 1. The van der Waals surface area contributed by atoms with Gasteiger partial charge in [0.15, 0.2) is 0 Å². The van der Waals surface area contributed by atoms with Gasteiger partial charge in [0, 0.05) is 24.7 Å². The van der Waals surface area contributed by atoms with Gasteiger partial charge in [-0.3, -0.25) is 0 Å². The molecule has 0 spiro atoms. The van der Waals surface area contributed by atoms with E-state index in [1.807, 2.05) is 18.2 Å². The molecule has 0 aromatic heterocycles. The zero-order valence-corrected chi connectivity index (χ0v) is 13.6. The highest BCUT2D eigenvalue weighted by atomic mass is 35.5. The highest BCUT2D eigenvalue weighted by Crippen LogP contribution is 2.17. The molecule has 0 unspecified atom stereocenters. The van der Waals surface area contributed by atoms with Crippen LogP contribution in [0.5, 0.6) is 0 Å². The van der Waals surface area contributed by atoms with Crippen molar-refractivity contribution in [1.29, 1.82) is 0 Å². The Morgan fingerprint density at radius 3 is 2.76 bits per heavy atom. The normalized spacial score (nSPS) is 12.0. The Morgan fingerprint density at radius 1 is 1.43 bits per heavy atom. The summed E-state index contributed by atoms with van der Waals surface area (Å²) in [6.07, 6.45) is 2.07. The molecule has 1 atom stereocenters. The molecule has 0 saturated heterocycles. The molecular formula is C16H25ClN2O2. The Kier molecular flexibility index (Phi) is 8.16. The number of nitrogens with zero attached hydrogens (tertiary/aromatic N) is 1. The molecule has 1 aromatic carbocycles. The van der Waals surface area contributed by atoms with E-state index in [2.05, 4.69) is 19.2 Å². The summed E-state index contributed by atoms with van der Waals surface area (Å²) < 4.78 is 0. The zero-order chi connectivity index (χ0) is 15.7. The molecule has 1 aromatic rings. The van der Waals surface area contributed by atoms with Crippen molar-refractivity contribution in [3.05, 3.63) is 34.9 Å². The average molecular weight is 313 g/mol. The molecule has 4 nitrogen and oxygen atoms in total. The number of nitrogens with one attached hydrogen (secondary N) is 1. The summed E-state index contributed by atoms with van der Waals surface area (Å²) in [4.78, 5) is 13.8. The van der Waals surface area contributed by atoms with Gasteiger partial charge in [-0.2, -0.15) is 0 Å². The Labute approximate surface area is 132 Å². The van der Waals surface area contributed by atoms with Crippen LogP contribution in [0.15, 0.2) is 24.3 Å². The lowest BCUT2D eigenvalue weighted by molar-refractivity contribution is 0.173. The summed E-state index contributed by atoms with van der Waals surface area (Å²) in [6, 6.07) is 7.27. The third-order valence-corrected chi connectivity index (χ3v) is 3.96. The van der Waals surface area contributed by atoms with Crippen LogP contribution >= 0.6 is 11.6 Å². The number of aliphatic hydroxyl groups excluding tert-OH is 1. The monoisotopic (exact) mass is 312 g/mol. The number of carbonyl (C=O) groups excluding carboxylic acids is 1. The molecule has 2 N–H and O–H groups in total. The van der Waals surface area contributed by atoms with Crippen LogP contribution in [0.3, 0.4) is 0 Å². The van der Waals surface area contributed by atoms with Crippen molar-refractivity contribution >= 4 is 17.6 Å². The first-order valence-electron chi connectivity index (χ1n) is 7.45. The molecule has 2 amide bonds. The maximum Gasteiger partial charge on any atom is 0.317 e. The maximum absolute atomic E-state index is 12.2. The number of amides is 2. The van der Waals surface area contributed by atoms with E-state index in [4.69, 9.17) is 16.7 Å². The Morgan fingerprint density at radius 2 is 2.14 bits per heavy atom. The predicted molar refractivity (Wildman–Crippen MR) is 86.4 cm³/mol. The number of hydrogen-bond donors (Lipinski definition) is 2. The van der Waals surface area contributed by atoms with Gasteiger partial charge in [-0.1, -0.05) is 50.1 Å². The fraction of sp³-hybridized carbons (Fsp3) is 0.562. The van der Waals surface area contributed by atoms with Gasteiger partial charge >= 0.3 is 6.03 Å². The fourth-order valence-electron chi connectivity index (χ4n) is 1.95. The van der Waals surface area contributed by atoms with Crippen molar-refractivity contribution in [1.82, 2.24) is 10.2 Å². The van der Waals surface area contributed by atoms with Gasteiger partial charge in [0.25, 0.3) is 0 Å². The molecule has 0 bridgehead atoms. The van der Waals surface area contributed by atoms with Gasteiger partial charge in [-0.05, 0) is 24.0 Å².